The highest BCUT2D eigenvalue weighted by atomic mass is 79.9. The van der Waals surface area contributed by atoms with E-state index in [4.69, 9.17) is 16.3 Å². The van der Waals surface area contributed by atoms with Crippen LogP contribution in [0.4, 0.5) is 0 Å². The summed E-state index contributed by atoms with van der Waals surface area (Å²) in [5.74, 6) is 1.01. The van der Waals surface area contributed by atoms with Gasteiger partial charge in [-0.2, -0.15) is 0 Å². The van der Waals surface area contributed by atoms with Gasteiger partial charge in [0.2, 0.25) is 0 Å². The van der Waals surface area contributed by atoms with Crippen molar-refractivity contribution in [3.05, 3.63) is 45.1 Å². The molecule has 0 saturated carbocycles. The van der Waals surface area contributed by atoms with E-state index < -0.39 is 0 Å². The molecule has 0 amide bonds. The largest absolute Gasteiger partial charge is 0.496 e. The first-order valence-corrected chi connectivity index (χ1v) is 7.40. The topological polar surface area (TPSA) is 21.3 Å². The van der Waals surface area contributed by atoms with Gasteiger partial charge >= 0.3 is 0 Å². The number of rotatable bonds is 5. The zero-order valence-corrected chi connectivity index (χ0v) is 12.7. The Morgan fingerprint density at radius 2 is 2.28 bits per heavy atom. The van der Waals surface area contributed by atoms with Crippen molar-refractivity contribution >= 4 is 27.5 Å². The molecule has 1 unspecified atom stereocenters. The van der Waals surface area contributed by atoms with Crippen molar-refractivity contribution in [3.63, 3.8) is 0 Å². The van der Waals surface area contributed by atoms with Crippen LogP contribution < -0.4 is 5.32 Å². The third-order valence-electron chi connectivity index (χ3n) is 2.83. The molecule has 2 nitrogen and oxygen atoms in total. The lowest BCUT2D eigenvalue weighted by molar-refractivity contribution is 0.215. The van der Waals surface area contributed by atoms with Crippen LogP contribution in [0.25, 0.3) is 0 Å². The van der Waals surface area contributed by atoms with Gasteiger partial charge in [0, 0.05) is 15.9 Å². The molecule has 1 aromatic rings. The van der Waals surface area contributed by atoms with E-state index in [9.17, 15) is 0 Å². The maximum Gasteiger partial charge on any atom is 0.114 e. The van der Waals surface area contributed by atoms with Crippen LogP contribution in [0, 0.1) is 0 Å². The zero-order chi connectivity index (χ0) is 13.0. The summed E-state index contributed by atoms with van der Waals surface area (Å²) >= 11 is 9.60. The van der Waals surface area contributed by atoms with Gasteiger partial charge in [-0.15, -0.1) is 0 Å². The molecule has 1 aromatic carbocycles. The van der Waals surface area contributed by atoms with Gasteiger partial charge in [0.1, 0.15) is 5.76 Å². The van der Waals surface area contributed by atoms with E-state index in [0.29, 0.717) is 0 Å². The molecule has 1 heterocycles. The number of ether oxygens (including phenoxy) is 1. The minimum absolute atomic E-state index is 0.0995. The van der Waals surface area contributed by atoms with E-state index in [0.717, 1.165) is 46.8 Å². The van der Waals surface area contributed by atoms with Gasteiger partial charge in [0.15, 0.2) is 0 Å². The van der Waals surface area contributed by atoms with E-state index >= 15 is 0 Å². The Hall–Kier alpha value is -0.510. The lowest BCUT2D eigenvalue weighted by Gasteiger charge is -2.20. The predicted octanol–water partition coefficient (Wildman–Crippen LogP) is 4.45. The maximum atomic E-state index is 6.12. The molecule has 1 atom stereocenters. The van der Waals surface area contributed by atoms with Crippen molar-refractivity contribution in [2.75, 3.05) is 13.2 Å². The smallest absolute Gasteiger partial charge is 0.114 e. The minimum Gasteiger partial charge on any atom is -0.496 e. The van der Waals surface area contributed by atoms with Crippen molar-refractivity contribution < 1.29 is 4.74 Å². The Balaban J connectivity index is 2.26. The van der Waals surface area contributed by atoms with Gasteiger partial charge in [-0.25, -0.2) is 0 Å². The summed E-state index contributed by atoms with van der Waals surface area (Å²) < 4.78 is 6.68. The maximum absolute atomic E-state index is 6.12. The molecule has 0 aromatic heterocycles. The van der Waals surface area contributed by atoms with Crippen molar-refractivity contribution in [2.45, 2.75) is 25.8 Å². The third kappa shape index (κ3) is 3.50. The number of halogens is 2. The molecule has 1 N–H and O–H groups in total. The van der Waals surface area contributed by atoms with Gasteiger partial charge in [-0.3, -0.25) is 0 Å². The second kappa shape index (κ2) is 6.60. The van der Waals surface area contributed by atoms with E-state index in [-0.39, 0.29) is 6.04 Å². The van der Waals surface area contributed by atoms with Gasteiger partial charge < -0.3 is 10.1 Å². The van der Waals surface area contributed by atoms with Crippen LogP contribution in [0.3, 0.4) is 0 Å². The molecule has 0 spiro atoms. The zero-order valence-electron chi connectivity index (χ0n) is 10.4. The van der Waals surface area contributed by atoms with Crippen LogP contribution in [-0.2, 0) is 4.74 Å². The summed E-state index contributed by atoms with van der Waals surface area (Å²) in [5.41, 5.74) is 1.14. The normalized spacial score (nSPS) is 16.3. The summed E-state index contributed by atoms with van der Waals surface area (Å²) in [5, 5.41) is 4.25. The van der Waals surface area contributed by atoms with Crippen molar-refractivity contribution in [1.82, 2.24) is 5.32 Å². The number of hydrogen-bond acceptors (Lipinski definition) is 2. The third-order valence-corrected chi connectivity index (χ3v) is 3.51. The second-order valence-corrected chi connectivity index (χ2v) is 5.69. The molecular formula is C14H17BrClNO. The average Bonchev–Trinajstić information content (AvgIpc) is 2.82. The van der Waals surface area contributed by atoms with Gasteiger partial charge in [0.05, 0.1) is 12.6 Å². The predicted molar refractivity (Wildman–Crippen MR) is 78.8 cm³/mol. The Morgan fingerprint density at radius 1 is 1.44 bits per heavy atom. The van der Waals surface area contributed by atoms with Crippen molar-refractivity contribution in [1.29, 1.82) is 0 Å². The monoisotopic (exact) mass is 329 g/mol. The van der Waals surface area contributed by atoms with Crippen LogP contribution in [0.1, 0.15) is 31.4 Å². The Labute approximate surface area is 121 Å². The standard InChI is InChI=1S/C14H17BrClNO/c1-2-5-17-14(13-4-3-6-18-13)10-7-11(15)9-12(16)8-10/h4,7-9,14,17H,2-3,5-6H2,1H3. The van der Waals surface area contributed by atoms with Crippen molar-refractivity contribution in [3.8, 4) is 0 Å². The van der Waals surface area contributed by atoms with E-state index in [1.54, 1.807) is 0 Å². The van der Waals surface area contributed by atoms with E-state index in [2.05, 4.69) is 40.3 Å². The molecular weight excluding hydrogens is 314 g/mol. The first-order chi connectivity index (χ1) is 8.70. The molecule has 0 bridgehead atoms. The highest BCUT2D eigenvalue weighted by molar-refractivity contribution is 9.10. The first kappa shape index (κ1) is 13.9. The number of benzene rings is 1. The molecule has 4 heteroatoms. The van der Waals surface area contributed by atoms with Crippen LogP contribution in [0.2, 0.25) is 5.02 Å². The summed E-state index contributed by atoms with van der Waals surface area (Å²) in [4.78, 5) is 0. The van der Waals surface area contributed by atoms with Gasteiger partial charge in [-0.1, -0.05) is 34.5 Å². The fourth-order valence-electron chi connectivity index (χ4n) is 2.05. The molecule has 0 saturated heterocycles. The molecule has 0 radical (unpaired) electrons. The molecule has 1 aliphatic heterocycles. The number of hydrogen-bond donors (Lipinski definition) is 1. The second-order valence-electron chi connectivity index (χ2n) is 4.33. The molecule has 18 heavy (non-hydrogen) atoms. The number of nitrogens with one attached hydrogen (secondary N) is 1. The molecule has 2 rings (SSSR count). The Bertz CT molecular complexity index is 427. The quantitative estimate of drug-likeness (QED) is 0.861. The summed E-state index contributed by atoms with van der Waals surface area (Å²) in [6.07, 6.45) is 4.23. The summed E-state index contributed by atoms with van der Waals surface area (Å²) in [6.45, 7) is 3.89. The lowest BCUT2D eigenvalue weighted by Crippen LogP contribution is -2.24. The van der Waals surface area contributed by atoms with Crippen LogP contribution in [0.15, 0.2) is 34.5 Å². The Morgan fingerprint density at radius 3 is 2.89 bits per heavy atom. The highest BCUT2D eigenvalue weighted by Crippen LogP contribution is 2.30. The fraction of sp³-hybridized carbons (Fsp3) is 0.429. The molecule has 0 aliphatic carbocycles. The molecule has 0 fully saturated rings. The van der Waals surface area contributed by atoms with Crippen LogP contribution >= 0.6 is 27.5 Å². The lowest BCUT2D eigenvalue weighted by atomic mass is 10.0. The molecule has 1 aliphatic rings. The van der Waals surface area contributed by atoms with Crippen molar-refractivity contribution in [2.24, 2.45) is 0 Å². The van der Waals surface area contributed by atoms with E-state index in [1.807, 2.05) is 12.1 Å². The first-order valence-electron chi connectivity index (χ1n) is 6.23. The van der Waals surface area contributed by atoms with E-state index in [1.165, 1.54) is 0 Å². The highest BCUT2D eigenvalue weighted by Gasteiger charge is 2.20. The van der Waals surface area contributed by atoms with Crippen LogP contribution in [-0.4, -0.2) is 13.2 Å². The average molecular weight is 331 g/mol. The van der Waals surface area contributed by atoms with Gasteiger partial charge in [0.25, 0.3) is 0 Å². The SMILES string of the molecule is CCCNC(C1=CCCO1)c1cc(Cl)cc(Br)c1. The fourth-order valence-corrected chi connectivity index (χ4v) is 2.94. The van der Waals surface area contributed by atoms with Gasteiger partial charge in [-0.05, 0) is 42.8 Å². The van der Waals surface area contributed by atoms with Crippen LogP contribution in [0.5, 0.6) is 0 Å². The summed E-state index contributed by atoms with van der Waals surface area (Å²) in [6, 6.07) is 6.07. The summed E-state index contributed by atoms with van der Waals surface area (Å²) in [7, 11) is 0. The molecule has 98 valence electrons. The minimum atomic E-state index is 0.0995. The Kier molecular flexibility index (Phi) is 5.10.